The second-order valence-corrected chi connectivity index (χ2v) is 6.94. The molecule has 2 N–H and O–H groups in total. The van der Waals surface area contributed by atoms with Crippen molar-refractivity contribution >= 4 is 29.1 Å². The molecule has 0 aromatic heterocycles. The van der Waals surface area contributed by atoms with Crippen LogP contribution in [0.1, 0.15) is 24.8 Å². The topological polar surface area (TPSA) is 63.4 Å². The molecule has 3 atom stereocenters. The maximum absolute atomic E-state index is 12.3. The molecule has 0 radical (unpaired) electrons. The van der Waals surface area contributed by atoms with Gasteiger partial charge < -0.3 is 10.6 Å². The van der Waals surface area contributed by atoms with Crippen molar-refractivity contribution in [3.8, 4) is 0 Å². The number of benzene rings is 1. The van der Waals surface area contributed by atoms with E-state index in [1.165, 1.54) is 0 Å². The van der Waals surface area contributed by atoms with Gasteiger partial charge in [0, 0.05) is 47.5 Å². The van der Waals surface area contributed by atoms with E-state index in [-0.39, 0.29) is 30.3 Å². The van der Waals surface area contributed by atoms with Gasteiger partial charge in [0.1, 0.15) is 0 Å². The normalized spacial score (nSPS) is 22.4. The van der Waals surface area contributed by atoms with Crippen LogP contribution < -0.4 is 5.73 Å². The molecule has 0 saturated heterocycles. The molecule has 6 heteroatoms. The fourth-order valence-electron chi connectivity index (χ4n) is 2.69. The van der Waals surface area contributed by atoms with E-state index in [1.54, 1.807) is 11.2 Å². The summed E-state index contributed by atoms with van der Waals surface area (Å²) in [7, 11) is 0.872. The van der Waals surface area contributed by atoms with Crippen molar-refractivity contribution in [1.82, 2.24) is 4.90 Å². The third kappa shape index (κ3) is 4.80. The third-order valence-corrected chi connectivity index (χ3v) is 4.81. The van der Waals surface area contributed by atoms with Gasteiger partial charge in [0.05, 0.1) is 0 Å². The van der Waals surface area contributed by atoms with Crippen molar-refractivity contribution in [2.45, 2.75) is 36.7 Å². The summed E-state index contributed by atoms with van der Waals surface area (Å²) < 4.78 is 11.3. The second-order valence-electron chi connectivity index (χ2n) is 5.56. The average molecular weight is 331 g/mol. The fourth-order valence-corrected chi connectivity index (χ4v) is 3.21. The lowest BCUT2D eigenvalue weighted by Gasteiger charge is -2.21. The first kappa shape index (κ1) is 18.1. The van der Waals surface area contributed by atoms with Crippen LogP contribution in [0.5, 0.6) is 0 Å². The summed E-state index contributed by atoms with van der Waals surface area (Å²) in [5.74, 6) is 0.263. The number of nitrogens with zero attached hydrogens (tertiary/aromatic N) is 1. The van der Waals surface area contributed by atoms with Crippen LogP contribution in [0.2, 0.25) is 0 Å². The van der Waals surface area contributed by atoms with Crippen LogP contribution in [0.3, 0.4) is 0 Å². The van der Waals surface area contributed by atoms with Crippen LogP contribution in [-0.4, -0.2) is 34.4 Å². The molecule has 1 aromatic rings. The Balaban J connectivity index is 0.00000220. The summed E-state index contributed by atoms with van der Waals surface area (Å²) in [5.41, 5.74) is 6.91. The minimum atomic E-state index is -0.959. The van der Waals surface area contributed by atoms with Gasteiger partial charge in [-0.2, -0.15) is 0 Å². The number of nitrogens with two attached hydrogens (primary N) is 1. The summed E-state index contributed by atoms with van der Waals surface area (Å²) in [6.45, 7) is 0.585. The van der Waals surface area contributed by atoms with Gasteiger partial charge in [-0.1, -0.05) is 12.1 Å². The second kappa shape index (κ2) is 7.92. The minimum absolute atomic E-state index is 0. The molecule has 1 saturated carbocycles. The molecule has 1 aromatic carbocycles. The van der Waals surface area contributed by atoms with Gasteiger partial charge in [0.2, 0.25) is 5.91 Å². The Morgan fingerprint density at radius 3 is 2.43 bits per heavy atom. The molecule has 4 nitrogen and oxygen atoms in total. The van der Waals surface area contributed by atoms with Gasteiger partial charge in [-0.3, -0.25) is 9.00 Å². The first-order valence-corrected chi connectivity index (χ1v) is 8.46. The maximum Gasteiger partial charge on any atom is 0.225 e. The lowest BCUT2D eigenvalue weighted by molar-refractivity contribution is -0.134. The zero-order chi connectivity index (χ0) is 14.7. The maximum atomic E-state index is 12.3. The van der Waals surface area contributed by atoms with Crippen LogP contribution in [0.25, 0.3) is 0 Å². The van der Waals surface area contributed by atoms with E-state index in [4.69, 9.17) is 5.73 Å². The summed E-state index contributed by atoms with van der Waals surface area (Å²) in [4.78, 5) is 14.9. The molecule has 0 aliphatic heterocycles. The Hall–Kier alpha value is -0.910. The number of amides is 1. The first-order valence-electron chi connectivity index (χ1n) is 6.90. The molecule has 1 aliphatic carbocycles. The van der Waals surface area contributed by atoms with E-state index in [1.807, 2.05) is 31.3 Å². The van der Waals surface area contributed by atoms with Crippen molar-refractivity contribution in [3.05, 3.63) is 29.8 Å². The number of hydrogen-bond donors (Lipinski definition) is 1. The molecule has 118 valence electrons. The van der Waals surface area contributed by atoms with E-state index in [0.717, 1.165) is 29.7 Å². The molecule has 3 unspecified atom stereocenters. The Morgan fingerprint density at radius 1 is 1.33 bits per heavy atom. The molecule has 0 bridgehead atoms. The minimum Gasteiger partial charge on any atom is -0.341 e. The number of hydrogen-bond acceptors (Lipinski definition) is 3. The molecule has 0 heterocycles. The number of rotatable bonds is 4. The zero-order valence-corrected chi connectivity index (χ0v) is 14.1. The molecular weight excluding hydrogens is 308 g/mol. The van der Waals surface area contributed by atoms with Crippen molar-refractivity contribution in [3.63, 3.8) is 0 Å². The van der Waals surface area contributed by atoms with Gasteiger partial charge in [-0.25, -0.2) is 0 Å². The van der Waals surface area contributed by atoms with Gasteiger partial charge in [-0.05, 0) is 37.0 Å². The summed E-state index contributed by atoms with van der Waals surface area (Å²) in [6, 6.07) is 7.75. The monoisotopic (exact) mass is 330 g/mol. The third-order valence-electron chi connectivity index (χ3n) is 3.87. The number of carbonyl (C=O) groups is 1. The smallest absolute Gasteiger partial charge is 0.225 e. The summed E-state index contributed by atoms with van der Waals surface area (Å²) >= 11 is 0. The van der Waals surface area contributed by atoms with Crippen LogP contribution in [-0.2, 0) is 22.1 Å². The Labute approximate surface area is 134 Å². The molecule has 1 fully saturated rings. The highest BCUT2D eigenvalue weighted by Gasteiger charge is 2.29. The zero-order valence-electron chi connectivity index (χ0n) is 12.5. The van der Waals surface area contributed by atoms with E-state index in [0.29, 0.717) is 6.54 Å². The Morgan fingerprint density at radius 2 is 1.95 bits per heavy atom. The van der Waals surface area contributed by atoms with Gasteiger partial charge in [0.25, 0.3) is 0 Å². The van der Waals surface area contributed by atoms with Crippen molar-refractivity contribution in [1.29, 1.82) is 0 Å². The highest BCUT2D eigenvalue weighted by Crippen LogP contribution is 2.26. The van der Waals surface area contributed by atoms with Crippen LogP contribution in [0, 0.1) is 5.92 Å². The molecule has 1 amide bonds. The van der Waals surface area contributed by atoms with Gasteiger partial charge in [0.15, 0.2) is 0 Å². The average Bonchev–Trinajstić information content (AvgIpc) is 2.85. The predicted molar refractivity (Wildman–Crippen MR) is 87.8 cm³/mol. The lowest BCUT2D eigenvalue weighted by atomic mass is 10.1. The van der Waals surface area contributed by atoms with Crippen molar-refractivity contribution in [2.24, 2.45) is 11.7 Å². The SMILES string of the molecule is CN(Cc1ccc(S(C)=O)cc1)C(=O)C1CCC(N)C1.Cl. The van der Waals surface area contributed by atoms with Crippen LogP contribution in [0.15, 0.2) is 29.2 Å². The molecule has 2 rings (SSSR count). The van der Waals surface area contributed by atoms with Gasteiger partial charge in [-0.15, -0.1) is 12.4 Å². The summed E-state index contributed by atoms with van der Waals surface area (Å²) in [5, 5.41) is 0. The summed E-state index contributed by atoms with van der Waals surface area (Å²) in [6.07, 6.45) is 4.31. The number of halogens is 1. The largest absolute Gasteiger partial charge is 0.341 e. The van der Waals surface area contributed by atoms with E-state index >= 15 is 0 Å². The highest BCUT2D eigenvalue weighted by molar-refractivity contribution is 7.84. The van der Waals surface area contributed by atoms with Crippen molar-refractivity contribution < 1.29 is 9.00 Å². The van der Waals surface area contributed by atoms with E-state index in [2.05, 4.69) is 0 Å². The van der Waals surface area contributed by atoms with Crippen LogP contribution in [0.4, 0.5) is 0 Å². The fraction of sp³-hybridized carbons (Fsp3) is 0.533. The molecule has 0 spiro atoms. The predicted octanol–water partition coefficient (Wildman–Crippen LogP) is 1.93. The highest BCUT2D eigenvalue weighted by atomic mass is 35.5. The Bertz CT molecular complexity index is 507. The number of carbonyl (C=O) groups excluding carboxylic acids is 1. The van der Waals surface area contributed by atoms with Crippen LogP contribution >= 0.6 is 12.4 Å². The molecule has 1 aliphatic rings. The molecular formula is C15H23ClN2O2S. The molecule has 21 heavy (non-hydrogen) atoms. The van der Waals surface area contributed by atoms with E-state index in [9.17, 15) is 9.00 Å². The standard InChI is InChI=1S/C15H22N2O2S.ClH/c1-17(15(18)12-5-6-13(16)9-12)10-11-3-7-14(8-4-11)20(2)19;/h3-4,7-8,12-13H,5-6,9-10,16H2,1-2H3;1H. The Kier molecular flexibility index (Phi) is 6.84. The van der Waals surface area contributed by atoms with E-state index < -0.39 is 10.8 Å². The quantitative estimate of drug-likeness (QED) is 0.917. The van der Waals surface area contributed by atoms with Gasteiger partial charge >= 0.3 is 0 Å². The van der Waals surface area contributed by atoms with Crippen molar-refractivity contribution in [2.75, 3.05) is 13.3 Å². The lowest BCUT2D eigenvalue weighted by Crippen LogP contribution is -2.32. The first-order chi connectivity index (χ1) is 9.47.